The van der Waals surface area contributed by atoms with E-state index < -0.39 is 5.41 Å². The highest BCUT2D eigenvalue weighted by molar-refractivity contribution is 6.06. The Labute approximate surface area is 255 Å². The molecule has 3 aliphatic carbocycles. The Balaban J connectivity index is 1.36. The van der Waals surface area contributed by atoms with Crippen molar-refractivity contribution in [3.63, 3.8) is 0 Å². The molecule has 10 rings (SSSR count). The highest BCUT2D eigenvalue weighted by Crippen LogP contribution is 2.59. The first kappa shape index (κ1) is 24.0. The van der Waals surface area contributed by atoms with Crippen molar-refractivity contribution >= 4 is 33.5 Å². The molecule has 0 saturated heterocycles. The van der Waals surface area contributed by atoms with E-state index in [0.717, 1.165) is 29.5 Å². The van der Waals surface area contributed by atoms with Crippen LogP contribution in [0.15, 0.2) is 138 Å². The Kier molecular flexibility index (Phi) is 4.79. The van der Waals surface area contributed by atoms with Gasteiger partial charge < -0.3 is 4.42 Å². The van der Waals surface area contributed by atoms with Crippen LogP contribution in [-0.4, -0.2) is 4.98 Å². The quantitative estimate of drug-likeness (QED) is 0.214. The summed E-state index contributed by atoms with van der Waals surface area (Å²) in [6.45, 7) is 0. The molecule has 1 unspecified atom stereocenters. The summed E-state index contributed by atoms with van der Waals surface area (Å²) in [6.07, 6.45) is 9.08. The summed E-state index contributed by atoms with van der Waals surface area (Å²) in [4.78, 5) is 4.90. The van der Waals surface area contributed by atoms with E-state index in [-0.39, 0.29) is 0 Å². The fourth-order valence-electron chi connectivity index (χ4n) is 8.21. The Bertz CT molecular complexity index is 2360. The molecule has 0 bridgehead atoms. The first-order valence-electron chi connectivity index (χ1n) is 15.4. The molecular weight excluding hydrogens is 534 g/mol. The molecule has 0 saturated carbocycles. The van der Waals surface area contributed by atoms with Gasteiger partial charge in [-0.25, -0.2) is 4.98 Å². The number of oxazole rings is 1. The van der Waals surface area contributed by atoms with Crippen molar-refractivity contribution in [1.29, 1.82) is 0 Å². The fourth-order valence-corrected chi connectivity index (χ4v) is 8.21. The van der Waals surface area contributed by atoms with E-state index in [4.69, 9.17) is 9.40 Å². The molecule has 1 heterocycles. The van der Waals surface area contributed by atoms with Crippen LogP contribution in [0.1, 0.15) is 45.4 Å². The van der Waals surface area contributed by atoms with Gasteiger partial charge in [0.2, 0.25) is 5.89 Å². The van der Waals surface area contributed by atoms with Crippen LogP contribution >= 0.6 is 0 Å². The maximum Gasteiger partial charge on any atom is 0.227 e. The van der Waals surface area contributed by atoms with E-state index in [1.807, 2.05) is 24.3 Å². The minimum absolute atomic E-state index is 0.532. The molecule has 2 nitrogen and oxygen atoms in total. The van der Waals surface area contributed by atoms with Gasteiger partial charge in [0.25, 0.3) is 0 Å². The highest BCUT2D eigenvalue weighted by Gasteiger charge is 2.47. The molecule has 0 radical (unpaired) electrons. The zero-order valence-corrected chi connectivity index (χ0v) is 24.0. The molecule has 0 fully saturated rings. The summed E-state index contributed by atoms with van der Waals surface area (Å²) in [5.74, 6) is 0.650. The van der Waals surface area contributed by atoms with Crippen molar-refractivity contribution in [1.82, 2.24) is 4.98 Å². The first-order chi connectivity index (χ1) is 21.8. The molecule has 0 N–H and O–H groups in total. The molecule has 0 amide bonds. The number of rotatable bonds is 3. The third-order valence-corrected chi connectivity index (χ3v) is 10.0. The number of fused-ring (bicyclic) bond motifs is 4. The molecule has 3 aliphatic rings. The van der Waals surface area contributed by atoms with Gasteiger partial charge in [-0.05, 0) is 110 Å². The molecule has 1 atom stereocenters. The number of benzene rings is 6. The predicted octanol–water partition coefficient (Wildman–Crippen LogP) is 10.4. The van der Waals surface area contributed by atoms with Crippen LogP contribution in [0.2, 0.25) is 0 Å². The third-order valence-electron chi connectivity index (χ3n) is 10.0. The van der Waals surface area contributed by atoms with Gasteiger partial charge in [0.15, 0.2) is 5.58 Å². The van der Waals surface area contributed by atoms with Crippen LogP contribution in [0.25, 0.3) is 56.1 Å². The van der Waals surface area contributed by atoms with Crippen molar-refractivity contribution in [2.45, 2.75) is 18.3 Å². The molecule has 44 heavy (non-hydrogen) atoms. The van der Waals surface area contributed by atoms with Crippen LogP contribution in [0, 0.1) is 0 Å². The van der Waals surface area contributed by atoms with Crippen LogP contribution in [0.3, 0.4) is 0 Å². The molecule has 206 valence electrons. The van der Waals surface area contributed by atoms with Gasteiger partial charge in [-0.2, -0.15) is 0 Å². The second kappa shape index (κ2) is 8.78. The van der Waals surface area contributed by atoms with Crippen molar-refractivity contribution in [2.75, 3.05) is 0 Å². The van der Waals surface area contributed by atoms with Crippen molar-refractivity contribution < 1.29 is 4.42 Å². The maximum absolute atomic E-state index is 6.32. The lowest BCUT2D eigenvalue weighted by molar-refractivity contribution is 0.619. The predicted molar refractivity (Wildman–Crippen MR) is 180 cm³/mol. The van der Waals surface area contributed by atoms with Crippen molar-refractivity contribution in [3.05, 3.63) is 172 Å². The van der Waals surface area contributed by atoms with Crippen molar-refractivity contribution in [3.8, 4) is 22.6 Å². The first-order valence-corrected chi connectivity index (χ1v) is 15.4. The maximum atomic E-state index is 6.32. The SMILES string of the molecule is C1=Cc2cc(C3(c4ccccc4)c4ccccc4-c4ccc(-c5nc6ccccc6o5)cc43)c3cccc4c3c2C(=CC4)C1. The minimum atomic E-state index is -0.532. The second-order valence-electron chi connectivity index (χ2n) is 12.2. The molecule has 0 spiro atoms. The summed E-state index contributed by atoms with van der Waals surface area (Å²) < 4.78 is 6.32. The number of nitrogens with zero attached hydrogens (tertiary/aromatic N) is 1. The largest absolute Gasteiger partial charge is 0.436 e. The number of para-hydroxylation sites is 2. The number of allylic oxidation sites excluding steroid dienone is 3. The average Bonchev–Trinajstić information content (AvgIpc) is 3.65. The smallest absolute Gasteiger partial charge is 0.227 e. The average molecular weight is 562 g/mol. The van der Waals surface area contributed by atoms with E-state index >= 15 is 0 Å². The van der Waals surface area contributed by atoms with E-state index in [0.29, 0.717) is 5.89 Å². The Morgan fingerprint density at radius 2 is 1.50 bits per heavy atom. The number of aromatic nitrogens is 1. The van der Waals surface area contributed by atoms with Gasteiger partial charge in [0, 0.05) is 5.56 Å². The third kappa shape index (κ3) is 3.07. The summed E-state index contributed by atoms with van der Waals surface area (Å²) in [6, 6.07) is 44.3. The molecule has 7 aromatic rings. The van der Waals surface area contributed by atoms with Crippen molar-refractivity contribution in [2.24, 2.45) is 0 Å². The monoisotopic (exact) mass is 561 g/mol. The lowest BCUT2D eigenvalue weighted by Crippen LogP contribution is -2.29. The Hall–Kier alpha value is -5.47. The van der Waals surface area contributed by atoms with Crippen LogP contribution in [0.5, 0.6) is 0 Å². The second-order valence-corrected chi connectivity index (χ2v) is 12.2. The molecule has 0 aliphatic heterocycles. The van der Waals surface area contributed by atoms with Gasteiger partial charge in [0.05, 0.1) is 5.41 Å². The van der Waals surface area contributed by atoms with Gasteiger partial charge >= 0.3 is 0 Å². The number of hydrogen-bond donors (Lipinski definition) is 0. The van der Waals surface area contributed by atoms with Gasteiger partial charge in [-0.3, -0.25) is 0 Å². The van der Waals surface area contributed by atoms with Gasteiger partial charge in [-0.15, -0.1) is 0 Å². The minimum Gasteiger partial charge on any atom is -0.436 e. The molecular formula is C42H27NO. The molecule has 6 aromatic carbocycles. The Morgan fingerprint density at radius 1 is 0.659 bits per heavy atom. The van der Waals surface area contributed by atoms with E-state index in [9.17, 15) is 0 Å². The molecule has 2 heteroatoms. The van der Waals surface area contributed by atoms with E-state index in [1.54, 1.807) is 0 Å². The van der Waals surface area contributed by atoms with Gasteiger partial charge in [0.1, 0.15) is 5.52 Å². The fraction of sp³-hybridized carbons (Fsp3) is 0.0714. The normalized spacial score (nSPS) is 17.5. The molecule has 1 aromatic heterocycles. The number of hydrogen-bond acceptors (Lipinski definition) is 2. The lowest BCUT2D eigenvalue weighted by atomic mass is 9.64. The zero-order valence-electron chi connectivity index (χ0n) is 24.0. The topological polar surface area (TPSA) is 26.0 Å². The van der Waals surface area contributed by atoms with Crippen LogP contribution in [0.4, 0.5) is 0 Å². The van der Waals surface area contributed by atoms with Crippen LogP contribution < -0.4 is 0 Å². The van der Waals surface area contributed by atoms with Crippen LogP contribution in [-0.2, 0) is 11.8 Å². The van der Waals surface area contributed by atoms with E-state index in [2.05, 4.69) is 115 Å². The highest BCUT2D eigenvalue weighted by atomic mass is 16.3. The summed E-state index contributed by atoms with van der Waals surface area (Å²) in [5.41, 5.74) is 15.4. The standard InChI is InChI=1S/C42H27NO/c1-2-13-30(14-3-1)42(36-24-28-12-8-10-26-20-21-27-11-9-16-33(36)40(27)39(26)28)34-17-5-4-15-31(34)32-23-22-29(25-35(32)42)41-43-37-18-6-7-19-38(37)44-41/h1-9,11-20,22-25H,10,21H2. The van der Waals surface area contributed by atoms with E-state index in [1.165, 1.54) is 66.4 Å². The van der Waals surface area contributed by atoms with Gasteiger partial charge in [-0.1, -0.05) is 109 Å². The zero-order chi connectivity index (χ0) is 28.8. The summed E-state index contributed by atoms with van der Waals surface area (Å²) in [7, 11) is 0. The summed E-state index contributed by atoms with van der Waals surface area (Å²) >= 11 is 0. The Morgan fingerprint density at radius 3 is 2.43 bits per heavy atom. The lowest BCUT2D eigenvalue weighted by Gasteiger charge is -2.37. The summed E-state index contributed by atoms with van der Waals surface area (Å²) in [5, 5.41) is 2.75.